The summed E-state index contributed by atoms with van der Waals surface area (Å²) in [5.41, 5.74) is 6.43. The van der Waals surface area contributed by atoms with Gasteiger partial charge < -0.3 is 15.6 Å². The van der Waals surface area contributed by atoms with E-state index in [0.29, 0.717) is 29.4 Å². The van der Waals surface area contributed by atoms with Gasteiger partial charge in [-0.2, -0.15) is 4.98 Å². The van der Waals surface area contributed by atoms with Crippen LogP contribution in [-0.2, 0) is 4.79 Å². The van der Waals surface area contributed by atoms with Gasteiger partial charge in [-0.25, -0.2) is 0 Å². The quantitative estimate of drug-likeness (QED) is 0.881. The maximum atomic E-state index is 12.3. The number of carbonyl (C=O) groups excluding carboxylic acids is 1. The van der Waals surface area contributed by atoms with E-state index in [2.05, 4.69) is 15.5 Å². The summed E-state index contributed by atoms with van der Waals surface area (Å²) in [4.78, 5) is 16.5. The Morgan fingerprint density at radius 1 is 1.43 bits per heavy atom. The second kappa shape index (κ2) is 6.05. The van der Waals surface area contributed by atoms with Crippen molar-refractivity contribution >= 4 is 11.6 Å². The Kier molecular flexibility index (Phi) is 4.37. The molecule has 6 nitrogen and oxygen atoms in total. The van der Waals surface area contributed by atoms with Gasteiger partial charge in [-0.1, -0.05) is 30.6 Å². The number of carbonyl (C=O) groups is 1. The second-order valence-corrected chi connectivity index (χ2v) is 5.31. The third kappa shape index (κ3) is 3.46. The van der Waals surface area contributed by atoms with Gasteiger partial charge in [-0.05, 0) is 32.4 Å². The smallest absolute Gasteiger partial charge is 0.260 e. The van der Waals surface area contributed by atoms with E-state index >= 15 is 0 Å². The fourth-order valence-corrected chi connectivity index (χ4v) is 2.08. The Labute approximate surface area is 123 Å². The molecule has 0 aliphatic carbocycles. The van der Waals surface area contributed by atoms with Crippen LogP contribution in [0.5, 0.6) is 0 Å². The lowest BCUT2D eigenvalue weighted by Gasteiger charge is -2.23. The Morgan fingerprint density at radius 3 is 2.76 bits per heavy atom. The van der Waals surface area contributed by atoms with Crippen molar-refractivity contribution in [3.63, 3.8) is 0 Å². The predicted molar refractivity (Wildman–Crippen MR) is 80.6 cm³/mol. The van der Waals surface area contributed by atoms with Crippen LogP contribution in [0.2, 0.25) is 0 Å². The molecule has 0 radical (unpaired) electrons. The first kappa shape index (κ1) is 15.2. The van der Waals surface area contributed by atoms with Crippen molar-refractivity contribution < 1.29 is 9.32 Å². The van der Waals surface area contributed by atoms with Crippen LogP contribution >= 0.6 is 0 Å². The molecule has 2 aromatic rings. The lowest BCUT2D eigenvalue weighted by Crippen LogP contribution is -2.48. The van der Waals surface area contributed by atoms with Gasteiger partial charge in [0.25, 0.3) is 5.89 Å². The van der Waals surface area contributed by atoms with Gasteiger partial charge in [0.1, 0.15) is 0 Å². The molecule has 1 atom stereocenters. The van der Waals surface area contributed by atoms with E-state index in [1.807, 2.05) is 25.1 Å². The Morgan fingerprint density at radius 2 is 2.14 bits per heavy atom. The number of aryl methyl sites for hydroxylation is 1. The molecule has 0 bridgehead atoms. The average Bonchev–Trinajstić information content (AvgIpc) is 2.86. The number of amides is 1. The van der Waals surface area contributed by atoms with Gasteiger partial charge in [-0.15, -0.1) is 0 Å². The molecule has 6 heteroatoms. The summed E-state index contributed by atoms with van der Waals surface area (Å²) in [5.74, 6) is 0.687. The third-order valence-electron chi connectivity index (χ3n) is 3.22. The number of rotatable bonds is 5. The number of nitrogens with one attached hydrogen (secondary N) is 1. The number of nitrogens with zero attached hydrogens (tertiary/aromatic N) is 2. The van der Waals surface area contributed by atoms with E-state index in [1.165, 1.54) is 0 Å². The second-order valence-electron chi connectivity index (χ2n) is 5.31. The Bertz CT molecular complexity index is 634. The zero-order valence-corrected chi connectivity index (χ0v) is 12.5. The highest BCUT2D eigenvalue weighted by Crippen LogP contribution is 2.27. The molecule has 0 saturated heterocycles. The first-order valence-corrected chi connectivity index (χ1v) is 6.94. The third-order valence-corrected chi connectivity index (χ3v) is 3.22. The highest BCUT2D eigenvalue weighted by atomic mass is 16.5. The number of nitrogens with two attached hydrogens (primary N) is 1. The summed E-state index contributed by atoms with van der Waals surface area (Å²) in [6.07, 6.45) is 1.45. The lowest BCUT2D eigenvalue weighted by molar-refractivity contribution is -0.120. The molecular weight excluding hydrogens is 268 g/mol. The standard InChI is InChI=1S/C15H20N4O2/c1-4-9-15(3,16)14(20)18-12-8-6-5-7-11(12)13-17-10(2)19-21-13/h5-8H,4,9,16H2,1-3H3,(H,18,20). The fraction of sp³-hybridized carbons (Fsp3) is 0.400. The fourth-order valence-electron chi connectivity index (χ4n) is 2.08. The van der Waals surface area contributed by atoms with Crippen LogP contribution < -0.4 is 11.1 Å². The van der Waals surface area contributed by atoms with Crippen LogP contribution in [0.3, 0.4) is 0 Å². The number of benzene rings is 1. The monoisotopic (exact) mass is 288 g/mol. The summed E-state index contributed by atoms with van der Waals surface area (Å²) < 4.78 is 5.16. The number of anilines is 1. The summed E-state index contributed by atoms with van der Waals surface area (Å²) in [6, 6.07) is 7.28. The van der Waals surface area contributed by atoms with E-state index in [1.54, 1.807) is 19.9 Å². The first-order chi connectivity index (χ1) is 9.94. The highest BCUT2D eigenvalue weighted by Gasteiger charge is 2.28. The molecule has 21 heavy (non-hydrogen) atoms. The summed E-state index contributed by atoms with van der Waals surface area (Å²) in [7, 11) is 0. The molecule has 0 saturated carbocycles. The molecule has 0 spiro atoms. The SMILES string of the molecule is CCCC(C)(N)C(=O)Nc1ccccc1-c1nc(C)no1. The largest absolute Gasteiger partial charge is 0.334 e. The van der Waals surface area contributed by atoms with Gasteiger partial charge in [0.2, 0.25) is 5.91 Å². The van der Waals surface area contributed by atoms with Crippen molar-refractivity contribution in [3.05, 3.63) is 30.1 Å². The summed E-state index contributed by atoms with van der Waals surface area (Å²) >= 11 is 0. The van der Waals surface area contributed by atoms with E-state index in [-0.39, 0.29) is 5.91 Å². The maximum absolute atomic E-state index is 12.3. The molecule has 2 rings (SSSR count). The molecule has 1 aromatic heterocycles. The molecule has 0 aliphatic rings. The van der Waals surface area contributed by atoms with Crippen LogP contribution in [0.1, 0.15) is 32.5 Å². The van der Waals surface area contributed by atoms with Gasteiger partial charge >= 0.3 is 0 Å². The van der Waals surface area contributed by atoms with Gasteiger partial charge in [0, 0.05) is 0 Å². The van der Waals surface area contributed by atoms with E-state index in [0.717, 1.165) is 6.42 Å². The van der Waals surface area contributed by atoms with E-state index in [9.17, 15) is 4.79 Å². The zero-order chi connectivity index (χ0) is 15.5. The predicted octanol–water partition coefficient (Wildman–Crippen LogP) is 2.50. The van der Waals surface area contributed by atoms with Gasteiger partial charge in [-0.3, -0.25) is 4.79 Å². The minimum atomic E-state index is -0.910. The minimum Gasteiger partial charge on any atom is -0.334 e. The van der Waals surface area contributed by atoms with Crippen molar-refractivity contribution in [2.75, 3.05) is 5.32 Å². The highest BCUT2D eigenvalue weighted by molar-refractivity contribution is 6.00. The molecular formula is C15H20N4O2. The lowest BCUT2D eigenvalue weighted by atomic mass is 9.96. The molecule has 112 valence electrons. The molecule has 1 amide bonds. The normalized spacial score (nSPS) is 13.7. The van der Waals surface area contributed by atoms with Crippen molar-refractivity contribution in [2.45, 2.75) is 39.2 Å². The number of para-hydroxylation sites is 1. The summed E-state index contributed by atoms with van der Waals surface area (Å²) in [5, 5.41) is 6.62. The first-order valence-electron chi connectivity index (χ1n) is 6.94. The number of hydrogen-bond donors (Lipinski definition) is 2. The van der Waals surface area contributed by atoms with Crippen molar-refractivity contribution in [1.82, 2.24) is 10.1 Å². The molecule has 0 aliphatic heterocycles. The molecule has 1 unspecified atom stereocenters. The van der Waals surface area contributed by atoms with Crippen LogP contribution in [0, 0.1) is 6.92 Å². The molecule has 3 N–H and O–H groups in total. The molecule has 0 fully saturated rings. The van der Waals surface area contributed by atoms with E-state index in [4.69, 9.17) is 10.3 Å². The topological polar surface area (TPSA) is 94.0 Å². The average molecular weight is 288 g/mol. The Balaban J connectivity index is 2.27. The number of hydrogen-bond acceptors (Lipinski definition) is 5. The van der Waals surface area contributed by atoms with E-state index < -0.39 is 5.54 Å². The van der Waals surface area contributed by atoms with Crippen molar-refractivity contribution in [3.8, 4) is 11.5 Å². The zero-order valence-electron chi connectivity index (χ0n) is 12.5. The van der Waals surface area contributed by atoms with Gasteiger partial charge in [0.15, 0.2) is 5.82 Å². The van der Waals surface area contributed by atoms with Crippen molar-refractivity contribution in [2.24, 2.45) is 5.73 Å². The Hall–Kier alpha value is -2.21. The van der Waals surface area contributed by atoms with Crippen LogP contribution in [0.15, 0.2) is 28.8 Å². The van der Waals surface area contributed by atoms with Gasteiger partial charge in [0.05, 0.1) is 16.8 Å². The van der Waals surface area contributed by atoms with Crippen LogP contribution in [0.25, 0.3) is 11.5 Å². The van der Waals surface area contributed by atoms with Crippen LogP contribution in [-0.4, -0.2) is 21.6 Å². The minimum absolute atomic E-state index is 0.229. The van der Waals surface area contributed by atoms with Crippen molar-refractivity contribution in [1.29, 1.82) is 0 Å². The summed E-state index contributed by atoms with van der Waals surface area (Å²) in [6.45, 7) is 5.46. The molecule has 1 aromatic carbocycles. The molecule has 1 heterocycles. The van der Waals surface area contributed by atoms with Crippen LogP contribution in [0.4, 0.5) is 5.69 Å². The number of aromatic nitrogens is 2. The maximum Gasteiger partial charge on any atom is 0.260 e.